The van der Waals surface area contributed by atoms with E-state index in [1.807, 2.05) is 13.8 Å². The van der Waals surface area contributed by atoms with Crippen LogP contribution in [0.3, 0.4) is 0 Å². The Bertz CT molecular complexity index is 762. The molecular weight excluding hydrogens is 308 g/mol. The van der Waals surface area contributed by atoms with Crippen LogP contribution in [0.2, 0.25) is 0 Å². The Kier molecular flexibility index (Phi) is 4.43. The van der Waals surface area contributed by atoms with Gasteiger partial charge in [0.2, 0.25) is 0 Å². The third-order valence-corrected chi connectivity index (χ3v) is 5.43. The van der Waals surface area contributed by atoms with Gasteiger partial charge in [0.05, 0.1) is 10.6 Å². The number of nitrogens with zero attached hydrogens (tertiary/aromatic N) is 1. The maximum Gasteiger partial charge on any atom is 0.263 e. The topological polar surface area (TPSA) is 76.1 Å². The van der Waals surface area contributed by atoms with Crippen LogP contribution in [0.25, 0.3) is 0 Å². The van der Waals surface area contributed by atoms with Gasteiger partial charge in [-0.3, -0.25) is 9.52 Å². The number of anilines is 1. The summed E-state index contributed by atoms with van der Waals surface area (Å²) in [6.45, 7) is 5.32. The molecule has 0 spiro atoms. The fourth-order valence-electron chi connectivity index (χ4n) is 1.84. The maximum absolute atomic E-state index is 12.3. The number of thiazole rings is 1. The van der Waals surface area contributed by atoms with Crippen LogP contribution in [-0.4, -0.2) is 19.2 Å². The summed E-state index contributed by atoms with van der Waals surface area (Å²) in [7, 11) is -3.68. The van der Waals surface area contributed by atoms with Crippen molar-refractivity contribution in [3.05, 3.63) is 40.4 Å². The van der Waals surface area contributed by atoms with Crippen molar-refractivity contribution in [1.82, 2.24) is 4.98 Å². The Morgan fingerprint density at radius 3 is 2.38 bits per heavy atom. The van der Waals surface area contributed by atoms with E-state index in [4.69, 9.17) is 0 Å². The minimum absolute atomic E-state index is 0.102. The highest BCUT2D eigenvalue weighted by molar-refractivity contribution is 7.93. The van der Waals surface area contributed by atoms with E-state index in [9.17, 15) is 13.2 Å². The molecule has 7 heteroatoms. The van der Waals surface area contributed by atoms with Gasteiger partial charge in [-0.1, -0.05) is 19.1 Å². The molecule has 0 radical (unpaired) electrons. The molecule has 21 heavy (non-hydrogen) atoms. The first-order valence-corrected chi connectivity index (χ1v) is 8.73. The molecular formula is C14H16N2O3S2. The third-order valence-electron chi connectivity index (χ3n) is 3.02. The number of aromatic nitrogens is 1. The Morgan fingerprint density at radius 1 is 1.29 bits per heavy atom. The van der Waals surface area contributed by atoms with Crippen LogP contribution >= 0.6 is 11.3 Å². The summed E-state index contributed by atoms with van der Waals surface area (Å²) in [5.41, 5.74) is 1.37. The average molecular weight is 324 g/mol. The molecule has 0 aliphatic heterocycles. The van der Waals surface area contributed by atoms with E-state index in [-0.39, 0.29) is 10.7 Å². The second-order valence-corrected chi connectivity index (χ2v) is 7.45. The summed E-state index contributed by atoms with van der Waals surface area (Å²) in [4.78, 5) is 16.6. The van der Waals surface area contributed by atoms with Gasteiger partial charge in [-0.25, -0.2) is 13.4 Å². The van der Waals surface area contributed by atoms with Crippen molar-refractivity contribution < 1.29 is 13.2 Å². The molecule has 5 nitrogen and oxygen atoms in total. The molecule has 1 N–H and O–H groups in total. The van der Waals surface area contributed by atoms with Crippen LogP contribution in [0.15, 0.2) is 29.2 Å². The molecule has 0 unspecified atom stereocenters. The number of sulfonamides is 1. The van der Waals surface area contributed by atoms with Crippen LogP contribution in [-0.2, 0) is 16.4 Å². The minimum Gasteiger partial charge on any atom is -0.295 e. The number of Topliss-reactive ketones (excluding diaryl/α,β-unsaturated/α-hetero) is 1. The Morgan fingerprint density at radius 2 is 1.90 bits per heavy atom. The Labute approximate surface area is 128 Å². The molecule has 0 saturated carbocycles. The highest BCUT2D eigenvalue weighted by atomic mass is 32.2. The third kappa shape index (κ3) is 3.48. The molecule has 0 bridgehead atoms. The van der Waals surface area contributed by atoms with Crippen molar-refractivity contribution >= 4 is 32.3 Å². The lowest BCUT2D eigenvalue weighted by molar-refractivity contribution is 0.101. The van der Waals surface area contributed by atoms with Gasteiger partial charge in [0, 0.05) is 10.4 Å². The van der Waals surface area contributed by atoms with E-state index >= 15 is 0 Å². The van der Waals surface area contributed by atoms with Gasteiger partial charge in [0.25, 0.3) is 10.0 Å². The van der Waals surface area contributed by atoms with Crippen LogP contribution in [0.1, 0.15) is 34.8 Å². The van der Waals surface area contributed by atoms with Gasteiger partial charge in [0.1, 0.15) is 0 Å². The summed E-state index contributed by atoms with van der Waals surface area (Å²) in [6, 6.07) is 5.84. The normalized spacial score (nSPS) is 11.4. The standard InChI is InChI=1S/C14H16N2O3S2/c1-4-13-10(3)20-14(15-13)16-21(18,19)12-7-5-11(6-8-12)9(2)17/h5-8H,4H2,1-3H3,(H,15,16). The molecule has 0 aliphatic rings. The monoisotopic (exact) mass is 324 g/mol. The molecule has 1 aromatic heterocycles. The number of ketones is 1. The predicted octanol–water partition coefficient (Wildman–Crippen LogP) is 3.02. The van der Waals surface area contributed by atoms with Crippen LogP contribution in [0.4, 0.5) is 5.13 Å². The van der Waals surface area contributed by atoms with Crippen LogP contribution in [0, 0.1) is 6.92 Å². The molecule has 1 heterocycles. The number of hydrogen-bond acceptors (Lipinski definition) is 5. The zero-order valence-corrected chi connectivity index (χ0v) is 13.6. The first kappa shape index (κ1) is 15.7. The summed E-state index contributed by atoms with van der Waals surface area (Å²) in [5.74, 6) is -0.102. The lowest BCUT2D eigenvalue weighted by Crippen LogP contribution is -2.13. The van der Waals surface area contributed by atoms with Crippen molar-refractivity contribution in [2.75, 3.05) is 4.72 Å². The van der Waals surface area contributed by atoms with Crippen molar-refractivity contribution in [3.63, 3.8) is 0 Å². The Hall–Kier alpha value is -1.73. The van der Waals surface area contributed by atoms with E-state index in [2.05, 4.69) is 9.71 Å². The molecule has 0 saturated heterocycles. The number of aryl methyl sites for hydroxylation is 2. The zero-order chi connectivity index (χ0) is 15.6. The molecule has 2 rings (SSSR count). The lowest BCUT2D eigenvalue weighted by atomic mass is 10.2. The zero-order valence-electron chi connectivity index (χ0n) is 12.0. The maximum atomic E-state index is 12.3. The summed E-state index contributed by atoms with van der Waals surface area (Å²) >= 11 is 1.31. The van der Waals surface area contributed by atoms with E-state index in [0.29, 0.717) is 10.7 Å². The van der Waals surface area contributed by atoms with Crippen molar-refractivity contribution in [2.45, 2.75) is 32.1 Å². The predicted molar refractivity (Wildman–Crippen MR) is 83.5 cm³/mol. The van der Waals surface area contributed by atoms with Gasteiger partial charge >= 0.3 is 0 Å². The number of carbonyl (C=O) groups excluding carboxylic acids is 1. The second kappa shape index (κ2) is 5.95. The largest absolute Gasteiger partial charge is 0.295 e. The molecule has 112 valence electrons. The minimum atomic E-state index is -3.68. The number of rotatable bonds is 5. The first-order chi connectivity index (χ1) is 9.83. The average Bonchev–Trinajstić information content (AvgIpc) is 2.78. The number of nitrogens with one attached hydrogen (secondary N) is 1. The molecule has 0 amide bonds. The first-order valence-electron chi connectivity index (χ1n) is 6.43. The van der Waals surface area contributed by atoms with E-state index in [0.717, 1.165) is 17.0 Å². The smallest absolute Gasteiger partial charge is 0.263 e. The van der Waals surface area contributed by atoms with Crippen LogP contribution < -0.4 is 4.72 Å². The fraction of sp³-hybridized carbons (Fsp3) is 0.286. The number of benzene rings is 1. The molecule has 0 aliphatic carbocycles. The van der Waals surface area contributed by atoms with E-state index < -0.39 is 10.0 Å². The van der Waals surface area contributed by atoms with E-state index in [1.54, 1.807) is 0 Å². The van der Waals surface area contributed by atoms with Crippen molar-refractivity contribution in [1.29, 1.82) is 0 Å². The highest BCUT2D eigenvalue weighted by Gasteiger charge is 2.17. The second-order valence-electron chi connectivity index (χ2n) is 4.56. The summed E-state index contributed by atoms with van der Waals surface area (Å²) in [5, 5.41) is 0.361. The Balaban J connectivity index is 2.26. The lowest BCUT2D eigenvalue weighted by Gasteiger charge is -2.05. The van der Waals surface area contributed by atoms with Crippen molar-refractivity contribution in [2.24, 2.45) is 0 Å². The summed E-state index contributed by atoms with van der Waals surface area (Å²) in [6.07, 6.45) is 0.761. The van der Waals surface area contributed by atoms with Gasteiger partial charge in [0.15, 0.2) is 10.9 Å². The van der Waals surface area contributed by atoms with Gasteiger partial charge in [-0.05, 0) is 32.4 Å². The molecule has 2 aromatic rings. The number of carbonyl (C=O) groups is 1. The van der Waals surface area contributed by atoms with Gasteiger partial charge < -0.3 is 0 Å². The van der Waals surface area contributed by atoms with Gasteiger partial charge in [-0.15, -0.1) is 11.3 Å². The fourth-order valence-corrected chi connectivity index (χ4v) is 3.98. The highest BCUT2D eigenvalue weighted by Crippen LogP contribution is 2.25. The van der Waals surface area contributed by atoms with Crippen LogP contribution in [0.5, 0.6) is 0 Å². The van der Waals surface area contributed by atoms with Gasteiger partial charge in [-0.2, -0.15) is 0 Å². The van der Waals surface area contributed by atoms with E-state index in [1.165, 1.54) is 42.5 Å². The quantitative estimate of drug-likeness (QED) is 0.858. The molecule has 0 fully saturated rings. The SMILES string of the molecule is CCc1nc(NS(=O)(=O)c2ccc(C(C)=O)cc2)sc1C. The summed E-state index contributed by atoms with van der Waals surface area (Å²) < 4.78 is 27.0. The number of hydrogen-bond donors (Lipinski definition) is 1. The molecule has 1 aromatic carbocycles. The molecule has 0 atom stereocenters. The van der Waals surface area contributed by atoms with Crippen molar-refractivity contribution in [3.8, 4) is 0 Å².